The minimum atomic E-state index is -1.07. The molecule has 1 N–H and O–H groups in total. The fourth-order valence-corrected chi connectivity index (χ4v) is 1.79. The Morgan fingerprint density at radius 2 is 2.16 bits per heavy atom. The van der Waals surface area contributed by atoms with Crippen molar-refractivity contribution >= 4 is 47.0 Å². The molecule has 0 atom stereocenters. The van der Waals surface area contributed by atoms with Gasteiger partial charge in [0.25, 0.3) is 0 Å². The van der Waals surface area contributed by atoms with E-state index in [1.54, 1.807) is 4.90 Å². The smallest absolute Gasteiger partial charge is 0.354 e. The van der Waals surface area contributed by atoms with E-state index in [2.05, 4.69) is 9.97 Å². The molecule has 19 heavy (non-hydrogen) atoms. The number of hydrogen-bond acceptors (Lipinski definition) is 4. The van der Waals surface area contributed by atoms with E-state index in [1.807, 2.05) is 6.08 Å². The number of carboxylic acid groups (broad SMARTS) is 1. The number of hydrogen-bond donors (Lipinski definition) is 1. The molecule has 7 heteroatoms. The van der Waals surface area contributed by atoms with Crippen molar-refractivity contribution in [3.8, 4) is 0 Å². The number of aromatic carboxylic acids is 1. The Bertz CT molecular complexity index is 531. The van der Waals surface area contributed by atoms with Gasteiger partial charge < -0.3 is 10.0 Å². The summed E-state index contributed by atoms with van der Waals surface area (Å²) < 4.78 is 0. The summed E-state index contributed by atoms with van der Waals surface area (Å²) in [5, 5.41) is 8.86. The van der Waals surface area contributed by atoms with Crippen LogP contribution in [-0.4, -0.2) is 74.5 Å². The van der Waals surface area contributed by atoms with E-state index < -0.39 is 5.97 Å². The van der Waals surface area contributed by atoms with Crippen molar-refractivity contribution < 1.29 is 14.7 Å². The van der Waals surface area contributed by atoms with Crippen LogP contribution in [0.1, 0.15) is 29.7 Å². The molecule has 1 aromatic rings. The van der Waals surface area contributed by atoms with E-state index >= 15 is 0 Å². The van der Waals surface area contributed by atoms with Crippen LogP contribution in [0.5, 0.6) is 0 Å². The Morgan fingerprint density at radius 3 is 2.68 bits per heavy atom. The maximum atomic E-state index is 11.2. The molecule has 0 fully saturated rings. The van der Waals surface area contributed by atoms with Gasteiger partial charge in [-0.2, -0.15) is 0 Å². The topological polar surface area (TPSA) is 83.4 Å². The van der Waals surface area contributed by atoms with E-state index in [0.717, 1.165) is 5.57 Å². The van der Waals surface area contributed by atoms with Crippen LogP contribution in [0, 0.1) is 0 Å². The largest absolute Gasteiger partial charge is 0.477 e. The standard InChI is InChI=1S/C12H13N3O3.Na/c1-8(16)15-6-3-9(4-7-15)11-13-5-2-10(14-11)12(17)18;/h2-3,5H,4,6-7H2,1H3,(H,17,18);. The fraction of sp³-hybridized carbons (Fsp3) is 0.333. The van der Waals surface area contributed by atoms with Crippen molar-refractivity contribution in [3.63, 3.8) is 0 Å². The molecule has 1 aliphatic heterocycles. The summed E-state index contributed by atoms with van der Waals surface area (Å²) >= 11 is 0. The molecule has 1 radical (unpaired) electrons. The van der Waals surface area contributed by atoms with Gasteiger partial charge in [0, 0.05) is 55.8 Å². The van der Waals surface area contributed by atoms with Gasteiger partial charge in [-0.1, -0.05) is 6.08 Å². The second kappa shape index (κ2) is 6.79. The Hall–Kier alpha value is -1.24. The van der Waals surface area contributed by atoms with Crippen LogP contribution in [-0.2, 0) is 4.79 Å². The number of carbonyl (C=O) groups excluding carboxylic acids is 1. The summed E-state index contributed by atoms with van der Waals surface area (Å²) in [6, 6.07) is 1.36. The van der Waals surface area contributed by atoms with Gasteiger partial charge in [0.05, 0.1) is 0 Å². The van der Waals surface area contributed by atoms with Crippen LogP contribution in [0.4, 0.5) is 0 Å². The second-order valence-electron chi connectivity index (χ2n) is 4.02. The summed E-state index contributed by atoms with van der Waals surface area (Å²) in [5.41, 5.74) is 0.866. The first-order chi connectivity index (χ1) is 8.58. The van der Waals surface area contributed by atoms with Crippen molar-refractivity contribution in [1.82, 2.24) is 14.9 Å². The van der Waals surface area contributed by atoms with Gasteiger partial charge in [-0.3, -0.25) is 4.79 Å². The Morgan fingerprint density at radius 1 is 1.42 bits per heavy atom. The maximum Gasteiger partial charge on any atom is 0.354 e. The zero-order chi connectivity index (χ0) is 13.1. The molecule has 0 aromatic carbocycles. The zero-order valence-corrected chi connectivity index (χ0v) is 13.0. The molecule has 0 saturated carbocycles. The van der Waals surface area contributed by atoms with Gasteiger partial charge in [0.15, 0.2) is 11.5 Å². The number of aromatic nitrogens is 2. The van der Waals surface area contributed by atoms with Crippen LogP contribution in [0.2, 0.25) is 0 Å². The zero-order valence-electron chi connectivity index (χ0n) is 11.0. The average molecular weight is 270 g/mol. The molecule has 0 saturated heterocycles. The number of carbonyl (C=O) groups is 2. The molecule has 1 amide bonds. The van der Waals surface area contributed by atoms with Gasteiger partial charge in [-0.25, -0.2) is 14.8 Å². The first-order valence-corrected chi connectivity index (χ1v) is 5.59. The maximum absolute atomic E-state index is 11.2. The Labute approximate surface area is 132 Å². The summed E-state index contributed by atoms with van der Waals surface area (Å²) in [6.45, 7) is 2.66. The summed E-state index contributed by atoms with van der Waals surface area (Å²) in [4.78, 5) is 31.8. The summed E-state index contributed by atoms with van der Waals surface area (Å²) in [7, 11) is 0. The number of rotatable bonds is 2. The van der Waals surface area contributed by atoms with Gasteiger partial charge in [0.2, 0.25) is 5.91 Å². The van der Waals surface area contributed by atoms with Gasteiger partial charge in [-0.15, -0.1) is 0 Å². The average Bonchev–Trinajstić information content (AvgIpc) is 2.39. The van der Waals surface area contributed by atoms with E-state index in [9.17, 15) is 9.59 Å². The third-order valence-corrected chi connectivity index (χ3v) is 2.82. The quantitative estimate of drug-likeness (QED) is 0.788. The molecule has 1 aromatic heterocycles. The Kier molecular flexibility index (Phi) is 5.65. The number of amides is 1. The third-order valence-electron chi connectivity index (χ3n) is 2.82. The van der Waals surface area contributed by atoms with Crippen molar-refractivity contribution in [2.75, 3.05) is 13.1 Å². The van der Waals surface area contributed by atoms with Gasteiger partial charge in [-0.05, 0) is 18.1 Å². The molecule has 1 aliphatic rings. The van der Waals surface area contributed by atoms with Gasteiger partial charge >= 0.3 is 5.97 Å². The predicted octanol–water partition coefficient (Wildman–Crippen LogP) is 0.430. The minimum absolute atomic E-state index is 0. The number of nitrogens with zero attached hydrogens (tertiary/aromatic N) is 3. The van der Waals surface area contributed by atoms with Crippen LogP contribution >= 0.6 is 0 Å². The number of carboxylic acids is 1. The molecule has 2 heterocycles. The molecular formula is C12H13N3NaO3. The van der Waals surface area contributed by atoms with Crippen molar-refractivity contribution in [1.29, 1.82) is 0 Å². The fourth-order valence-electron chi connectivity index (χ4n) is 1.79. The van der Waals surface area contributed by atoms with Crippen molar-refractivity contribution in [3.05, 3.63) is 29.9 Å². The SMILES string of the molecule is CC(=O)N1CC=C(c2nccc(C(=O)O)n2)CC1.[Na]. The van der Waals surface area contributed by atoms with E-state index in [1.165, 1.54) is 19.2 Å². The summed E-state index contributed by atoms with van der Waals surface area (Å²) in [5.74, 6) is -0.607. The van der Waals surface area contributed by atoms with Crippen molar-refractivity contribution in [2.24, 2.45) is 0 Å². The monoisotopic (exact) mass is 270 g/mol. The normalized spacial score (nSPS) is 14.4. The molecule has 2 rings (SSSR count). The van der Waals surface area contributed by atoms with Gasteiger partial charge in [0.1, 0.15) is 0 Å². The molecule has 6 nitrogen and oxygen atoms in total. The predicted molar refractivity (Wildman–Crippen MR) is 69.6 cm³/mol. The van der Waals surface area contributed by atoms with Crippen LogP contribution in [0.25, 0.3) is 5.57 Å². The van der Waals surface area contributed by atoms with E-state index in [-0.39, 0.29) is 41.2 Å². The molecule has 0 spiro atoms. The van der Waals surface area contributed by atoms with E-state index in [0.29, 0.717) is 25.3 Å². The van der Waals surface area contributed by atoms with E-state index in [4.69, 9.17) is 5.11 Å². The third kappa shape index (κ3) is 3.86. The molecule has 95 valence electrons. The van der Waals surface area contributed by atoms with Crippen molar-refractivity contribution in [2.45, 2.75) is 13.3 Å². The molecule has 0 unspecified atom stereocenters. The minimum Gasteiger partial charge on any atom is -0.477 e. The Balaban J connectivity index is 0.00000180. The van der Waals surface area contributed by atoms with Crippen LogP contribution < -0.4 is 0 Å². The first-order valence-electron chi connectivity index (χ1n) is 5.59. The van der Waals surface area contributed by atoms with Crippen LogP contribution in [0.3, 0.4) is 0 Å². The van der Waals surface area contributed by atoms with Crippen LogP contribution in [0.15, 0.2) is 18.3 Å². The molecular weight excluding hydrogens is 257 g/mol. The second-order valence-corrected chi connectivity index (χ2v) is 4.02. The molecule has 0 aliphatic carbocycles. The molecule has 0 bridgehead atoms. The first kappa shape index (κ1) is 15.8. The summed E-state index contributed by atoms with van der Waals surface area (Å²) in [6.07, 6.45) is 3.94.